The summed E-state index contributed by atoms with van der Waals surface area (Å²) in [6.07, 6.45) is 2.71. The van der Waals surface area contributed by atoms with Gasteiger partial charge in [-0.1, -0.05) is 56.8 Å². The van der Waals surface area contributed by atoms with E-state index >= 15 is 0 Å². The zero-order valence-corrected chi connectivity index (χ0v) is 18.9. The zero-order chi connectivity index (χ0) is 22.5. The molecule has 5 nitrogen and oxygen atoms in total. The molecular weight excluding hydrogens is 398 g/mol. The number of rotatable bonds is 9. The van der Waals surface area contributed by atoms with Crippen molar-refractivity contribution >= 4 is 16.9 Å². The van der Waals surface area contributed by atoms with Crippen molar-refractivity contribution in [3.8, 4) is 17.1 Å². The van der Waals surface area contributed by atoms with E-state index < -0.39 is 0 Å². The quantitative estimate of drug-likeness (QED) is 0.314. The highest BCUT2D eigenvalue weighted by atomic mass is 16.5. The molecule has 4 aromatic rings. The van der Waals surface area contributed by atoms with Crippen molar-refractivity contribution in [3.63, 3.8) is 0 Å². The molecule has 2 heterocycles. The smallest absolute Gasteiger partial charge is 0.157 e. The summed E-state index contributed by atoms with van der Waals surface area (Å²) in [6, 6.07) is 18.4. The van der Waals surface area contributed by atoms with Crippen LogP contribution >= 0.6 is 0 Å². The SMILES string of the molecule is C=C(OCC)c1cnc2[nH]c(-c3cc(OCc4ccccc4)ccc3CC(C)C)nc2c1. The topological polar surface area (TPSA) is 60.0 Å². The molecular formula is C27H29N3O2. The third-order valence-corrected chi connectivity index (χ3v) is 5.19. The van der Waals surface area contributed by atoms with Crippen molar-refractivity contribution in [2.45, 2.75) is 33.8 Å². The van der Waals surface area contributed by atoms with Crippen LogP contribution in [0.3, 0.4) is 0 Å². The van der Waals surface area contributed by atoms with Crippen LogP contribution in [0.2, 0.25) is 0 Å². The monoisotopic (exact) mass is 427 g/mol. The van der Waals surface area contributed by atoms with Gasteiger partial charge in [-0.3, -0.25) is 0 Å². The molecule has 0 radical (unpaired) electrons. The van der Waals surface area contributed by atoms with Crippen LogP contribution in [-0.2, 0) is 17.8 Å². The first-order chi connectivity index (χ1) is 15.5. The maximum absolute atomic E-state index is 6.08. The Kier molecular flexibility index (Phi) is 6.55. The summed E-state index contributed by atoms with van der Waals surface area (Å²) >= 11 is 0. The lowest BCUT2D eigenvalue weighted by Crippen LogP contribution is -2.00. The van der Waals surface area contributed by atoms with E-state index in [9.17, 15) is 0 Å². The third-order valence-electron chi connectivity index (χ3n) is 5.19. The summed E-state index contributed by atoms with van der Waals surface area (Å²) in [4.78, 5) is 12.7. The highest BCUT2D eigenvalue weighted by molar-refractivity contribution is 5.80. The number of nitrogens with one attached hydrogen (secondary N) is 1. The summed E-state index contributed by atoms with van der Waals surface area (Å²) in [7, 11) is 0. The molecule has 4 rings (SSSR count). The van der Waals surface area contributed by atoms with Gasteiger partial charge < -0.3 is 14.5 Å². The number of ether oxygens (including phenoxy) is 2. The second-order valence-corrected chi connectivity index (χ2v) is 8.22. The molecule has 2 aromatic carbocycles. The van der Waals surface area contributed by atoms with Gasteiger partial charge in [0.1, 0.15) is 29.5 Å². The number of imidazole rings is 1. The Morgan fingerprint density at radius 3 is 2.66 bits per heavy atom. The molecule has 0 saturated heterocycles. The summed E-state index contributed by atoms with van der Waals surface area (Å²) in [5, 5.41) is 0. The third kappa shape index (κ3) is 4.99. The average molecular weight is 428 g/mol. The first-order valence-corrected chi connectivity index (χ1v) is 11.0. The first kappa shape index (κ1) is 21.6. The van der Waals surface area contributed by atoms with Gasteiger partial charge in [0.25, 0.3) is 0 Å². The minimum atomic E-state index is 0.522. The molecule has 0 aliphatic carbocycles. The van der Waals surface area contributed by atoms with Gasteiger partial charge in [0.2, 0.25) is 0 Å². The number of benzene rings is 2. The molecule has 164 valence electrons. The second kappa shape index (κ2) is 9.69. The van der Waals surface area contributed by atoms with E-state index in [1.165, 1.54) is 5.56 Å². The number of hydrogen-bond acceptors (Lipinski definition) is 4. The van der Waals surface area contributed by atoms with Gasteiger partial charge in [-0.15, -0.1) is 0 Å². The van der Waals surface area contributed by atoms with E-state index in [1.54, 1.807) is 6.20 Å². The van der Waals surface area contributed by atoms with Crippen molar-refractivity contribution in [1.82, 2.24) is 15.0 Å². The van der Waals surface area contributed by atoms with Crippen molar-refractivity contribution in [2.24, 2.45) is 5.92 Å². The van der Waals surface area contributed by atoms with Crippen LogP contribution < -0.4 is 4.74 Å². The van der Waals surface area contributed by atoms with Gasteiger partial charge in [-0.25, -0.2) is 9.97 Å². The number of aromatic amines is 1. The molecule has 0 amide bonds. The van der Waals surface area contributed by atoms with E-state index in [2.05, 4.69) is 54.7 Å². The van der Waals surface area contributed by atoms with Crippen LogP contribution in [-0.4, -0.2) is 21.6 Å². The number of fused-ring (bicyclic) bond motifs is 1. The molecule has 1 N–H and O–H groups in total. The fourth-order valence-electron chi connectivity index (χ4n) is 3.66. The van der Waals surface area contributed by atoms with Gasteiger partial charge in [0.05, 0.1) is 6.61 Å². The molecule has 0 aliphatic heterocycles. The summed E-state index contributed by atoms with van der Waals surface area (Å²) in [6.45, 7) is 11.4. The normalized spacial score (nSPS) is 11.1. The van der Waals surface area contributed by atoms with Crippen LogP contribution in [0.1, 0.15) is 37.5 Å². The Morgan fingerprint density at radius 2 is 1.91 bits per heavy atom. The Labute approximate surface area is 189 Å². The lowest BCUT2D eigenvalue weighted by molar-refractivity contribution is 0.299. The van der Waals surface area contributed by atoms with E-state index in [1.807, 2.05) is 37.3 Å². The number of aromatic nitrogens is 3. The van der Waals surface area contributed by atoms with E-state index in [4.69, 9.17) is 14.5 Å². The Morgan fingerprint density at radius 1 is 1.09 bits per heavy atom. The standard InChI is InChI=1S/C27H29N3O2/c1-5-31-19(4)22-14-25-27(28-16-22)30-26(29-25)24-15-23(12-11-21(24)13-18(2)3)32-17-20-9-7-6-8-10-20/h6-12,14-16,18H,4-5,13,17H2,1-3H3,(H,28,29,30). The van der Waals surface area contributed by atoms with Crippen LogP contribution in [0.5, 0.6) is 5.75 Å². The largest absolute Gasteiger partial charge is 0.494 e. The fourth-order valence-corrected chi connectivity index (χ4v) is 3.66. The molecule has 0 bridgehead atoms. The van der Waals surface area contributed by atoms with Crippen LogP contribution in [0.25, 0.3) is 28.3 Å². The first-order valence-electron chi connectivity index (χ1n) is 11.0. The zero-order valence-electron chi connectivity index (χ0n) is 18.9. The van der Waals surface area contributed by atoms with Crippen LogP contribution in [0.4, 0.5) is 0 Å². The Hall–Kier alpha value is -3.60. The van der Waals surface area contributed by atoms with Crippen LogP contribution in [0.15, 0.2) is 67.4 Å². The van der Waals surface area contributed by atoms with Crippen molar-refractivity contribution in [2.75, 3.05) is 6.61 Å². The summed E-state index contributed by atoms with van der Waals surface area (Å²) < 4.78 is 11.6. The lowest BCUT2D eigenvalue weighted by Gasteiger charge is -2.13. The van der Waals surface area contributed by atoms with Crippen LogP contribution in [0, 0.1) is 5.92 Å². The highest BCUT2D eigenvalue weighted by Crippen LogP contribution is 2.30. The molecule has 5 heteroatoms. The van der Waals surface area contributed by atoms with Gasteiger partial charge >= 0.3 is 0 Å². The second-order valence-electron chi connectivity index (χ2n) is 8.22. The van der Waals surface area contributed by atoms with Gasteiger partial charge in [-0.2, -0.15) is 0 Å². The molecule has 0 unspecified atom stereocenters. The van der Waals surface area contributed by atoms with E-state index in [-0.39, 0.29) is 0 Å². The molecule has 32 heavy (non-hydrogen) atoms. The summed E-state index contributed by atoms with van der Waals surface area (Å²) in [5.41, 5.74) is 5.75. The fraction of sp³-hybridized carbons (Fsp3) is 0.259. The van der Waals surface area contributed by atoms with Crippen molar-refractivity contribution < 1.29 is 9.47 Å². The van der Waals surface area contributed by atoms with Gasteiger partial charge in [0.15, 0.2) is 5.65 Å². The van der Waals surface area contributed by atoms with Gasteiger partial charge in [0, 0.05) is 17.3 Å². The lowest BCUT2D eigenvalue weighted by atomic mass is 9.97. The van der Waals surface area contributed by atoms with Crippen molar-refractivity contribution in [3.05, 3.63) is 84.1 Å². The number of pyridine rings is 1. The minimum absolute atomic E-state index is 0.522. The number of H-pyrrole nitrogens is 1. The highest BCUT2D eigenvalue weighted by Gasteiger charge is 2.14. The average Bonchev–Trinajstić information content (AvgIpc) is 3.22. The molecule has 0 aliphatic rings. The molecule has 2 aromatic heterocycles. The molecule has 0 saturated carbocycles. The molecule has 0 spiro atoms. The maximum atomic E-state index is 6.08. The van der Waals surface area contributed by atoms with E-state index in [0.717, 1.165) is 45.8 Å². The summed E-state index contributed by atoms with van der Waals surface area (Å²) in [5.74, 6) is 2.72. The molecule has 0 atom stereocenters. The number of nitrogens with zero attached hydrogens (tertiary/aromatic N) is 2. The van der Waals surface area contributed by atoms with E-state index in [0.29, 0.717) is 24.9 Å². The maximum Gasteiger partial charge on any atom is 0.157 e. The predicted octanol–water partition coefficient (Wildman–Crippen LogP) is 6.41. The Bertz CT molecular complexity index is 1210. The predicted molar refractivity (Wildman–Crippen MR) is 129 cm³/mol. The Balaban J connectivity index is 1.67. The molecule has 0 fully saturated rings. The minimum Gasteiger partial charge on any atom is -0.494 e. The number of hydrogen-bond donors (Lipinski definition) is 1. The van der Waals surface area contributed by atoms with Gasteiger partial charge in [-0.05, 0) is 48.6 Å². The van der Waals surface area contributed by atoms with Crippen molar-refractivity contribution in [1.29, 1.82) is 0 Å².